The molecule has 2 aromatic heterocycles. The molecule has 0 spiro atoms. The molecule has 0 saturated heterocycles. The van der Waals surface area contributed by atoms with E-state index in [2.05, 4.69) is 25.2 Å². The first-order chi connectivity index (χ1) is 20.4. The number of aryl methyl sites for hydroxylation is 1. The van der Waals surface area contributed by atoms with Crippen molar-refractivity contribution in [2.45, 2.75) is 25.8 Å². The lowest BCUT2D eigenvalue weighted by Crippen LogP contribution is -2.37. The van der Waals surface area contributed by atoms with Gasteiger partial charge in [0.05, 0.1) is 34.1 Å². The summed E-state index contributed by atoms with van der Waals surface area (Å²) in [6, 6.07) is 10.9. The van der Waals surface area contributed by atoms with Gasteiger partial charge in [-0.3, -0.25) is 9.59 Å². The molecule has 2 amide bonds. The number of ether oxygens (including phenoxy) is 3. The number of fused-ring (bicyclic) bond motifs is 1. The van der Waals surface area contributed by atoms with Gasteiger partial charge in [0.1, 0.15) is 0 Å². The number of carbonyl (C=O) groups is 3. The average molecular weight is 572 g/mol. The molecule has 218 valence electrons. The predicted octanol–water partition coefficient (Wildman–Crippen LogP) is 3.77. The van der Waals surface area contributed by atoms with E-state index in [0.29, 0.717) is 72.0 Å². The number of Topliss-reactive ketones (excluding diaryl/α,β-unsaturated/α-hetero) is 2. The Bertz CT molecular complexity index is 1630. The third-order valence-corrected chi connectivity index (χ3v) is 7.24. The summed E-state index contributed by atoms with van der Waals surface area (Å²) in [7, 11) is 4.52. The summed E-state index contributed by atoms with van der Waals surface area (Å²) in [5, 5.41) is 6.59. The number of H-pyrrole nitrogens is 1. The molecule has 0 saturated carbocycles. The molecular formula is C31H33N5O6. The Hall–Kier alpha value is -5.06. The minimum Gasteiger partial charge on any atom is -0.493 e. The number of benzene rings is 2. The summed E-state index contributed by atoms with van der Waals surface area (Å²) in [4.78, 5) is 45.7. The Morgan fingerprint density at radius 3 is 2.38 bits per heavy atom. The first-order valence-corrected chi connectivity index (χ1v) is 13.6. The van der Waals surface area contributed by atoms with Crippen molar-refractivity contribution >= 4 is 39.6 Å². The zero-order chi connectivity index (χ0) is 29.6. The van der Waals surface area contributed by atoms with Crippen LogP contribution in [0.1, 0.15) is 29.7 Å². The normalized spacial score (nSPS) is 13.1. The number of para-hydroxylation sites is 1. The van der Waals surface area contributed by atoms with Crippen molar-refractivity contribution in [3.8, 4) is 17.2 Å². The number of imidazole rings is 1. The third kappa shape index (κ3) is 5.71. The Kier molecular flexibility index (Phi) is 8.56. The maximum atomic E-state index is 13.3. The van der Waals surface area contributed by atoms with Crippen molar-refractivity contribution in [3.05, 3.63) is 71.9 Å². The van der Waals surface area contributed by atoms with E-state index in [1.807, 2.05) is 30.5 Å². The van der Waals surface area contributed by atoms with Crippen molar-refractivity contribution in [2.24, 2.45) is 0 Å². The van der Waals surface area contributed by atoms with E-state index < -0.39 is 0 Å². The molecule has 3 N–H and O–H groups in total. The molecule has 0 bridgehead atoms. The molecule has 42 heavy (non-hydrogen) atoms. The van der Waals surface area contributed by atoms with E-state index in [0.717, 1.165) is 16.6 Å². The molecule has 4 aromatic rings. The number of methoxy groups -OCH3 is 3. The van der Waals surface area contributed by atoms with Gasteiger partial charge in [-0.15, -0.1) is 0 Å². The van der Waals surface area contributed by atoms with Gasteiger partial charge in [-0.2, -0.15) is 0 Å². The molecule has 11 heteroatoms. The number of nitrogens with zero attached hydrogens (tertiary/aromatic N) is 2. The first kappa shape index (κ1) is 28.5. The quantitative estimate of drug-likeness (QED) is 0.174. The SMILES string of the molecule is COc1cc(C2=C(c3cn(CCCNC(=O)NCCc4cnc[nH]4)c4ccccc34)C(=O)CC2=O)cc(OC)c1OC. The second kappa shape index (κ2) is 12.6. The predicted molar refractivity (Wildman–Crippen MR) is 158 cm³/mol. The molecule has 0 aliphatic heterocycles. The fourth-order valence-corrected chi connectivity index (χ4v) is 5.29. The van der Waals surface area contributed by atoms with E-state index in [9.17, 15) is 14.4 Å². The van der Waals surface area contributed by atoms with Crippen LogP contribution in [-0.2, 0) is 22.6 Å². The number of carbonyl (C=O) groups excluding carboxylic acids is 3. The first-order valence-electron chi connectivity index (χ1n) is 13.6. The standard InChI is InChI=1S/C31H33N5O6/c1-40-26-13-19(14-27(41-2)30(26)42-3)28-24(37)15-25(38)29(28)22-17-36(23-8-5-4-7-21(22)23)12-6-10-33-31(39)34-11-9-20-16-32-18-35-20/h4-5,7-8,13-14,16-18H,6,9-12,15H2,1-3H3,(H,32,35)(H2,33,34,39). The van der Waals surface area contributed by atoms with Crippen molar-refractivity contribution < 1.29 is 28.6 Å². The largest absolute Gasteiger partial charge is 0.493 e. The molecule has 0 fully saturated rings. The monoisotopic (exact) mass is 571 g/mol. The second-order valence-corrected chi connectivity index (χ2v) is 9.80. The number of hydrogen-bond acceptors (Lipinski definition) is 7. The van der Waals surface area contributed by atoms with Gasteiger partial charge in [-0.25, -0.2) is 9.78 Å². The number of ketones is 2. The highest BCUT2D eigenvalue weighted by Gasteiger charge is 2.35. The maximum absolute atomic E-state index is 13.3. The molecule has 1 aliphatic carbocycles. The van der Waals surface area contributed by atoms with E-state index in [-0.39, 0.29) is 24.0 Å². The summed E-state index contributed by atoms with van der Waals surface area (Å²) in [6.45, 7) is 1.56. The number of hydrogen-bond donors (Lipinski definition) is 3. The highest BCUT2D eigenvalue weighted by atomic mass is 16.5. The highest BCUT2D eigenvalue weighted by molar-refractivity contribution is 6.51. The van der Waals surface area contributed by atoms with Crippen molar-refractivity contribution in [2.75, 3.05) is 34.4 Å². The molecular weight excluding hydrogens is 538 g/mol. The van der Waals surface area contributed by atoms with Crippen molar-refractivity contribution in [1.29, 1.82) is 0 Å². The van der Waals surface area contributed by atoms with Gasteiger partial charge >= 0.3 is 6.03 Å². The average Bonchev–Trinajstić information content (AvgIpc) is 3.72. The summed E-state index contributed by atoms with van der Waals surface area (Å²) >= 11 is 0. The lowest BCUT2D eigenvalue weighted by atomic mass is 9.95. The van der Waals surface area contributed by atoms with Crippen LogP contribution >= 0.6 is 0 Å². The smallest absolute Gasteiger partial charge is 0.314 e. The van der Waals surface area contributed by atoms with Gasteiger partial charge in [-0.1, -0.05) is 18.2 Å². The van der Waals surface area contributed by atoms with Crippen molar-refractivity contribution in [3.63, 3.8) is 0 Å². The molecule has 0 atom stereocenters. The minimum atomic E-state index is -0.260. The number of allylic oxidation sites excluding steroid dienone is 2. The van der Waals surface area contributed by atoms with Gasteiger partial charge in [0, 0.05) is 71.8 Å². The Balaban J connectivity index is 1.38. The number of aromatic nitrogens is 3. The fourth-order valence-electron chi connectivity index (χ4n) is 5.29. The summed E-state index contributed by atoms with van der Waals surface area (Å²) in [5.41, 5.74) is 3.80. The van der Waals surface area contributed by atoms with Crippen LogP contribution in [0.5, 0.6) is 17.2 Å². The Morgan fingerprint density at radius 2 is 1.69 bits per heavy atom. The van der Waals surface area contributed by atoms with Crippen LogP contribution in [0.2, 0.25) is 0 Å². The van der Waals surface area contributed by atoms with E-state index in [1.165, 1.54) is 21.3 Å². The summed E-state index contributed by atoms with van der Waals surface area (Å²) < 4.78 is 18.5. The lowest BCUT2D eigenvalue weighted by Gasteiger charge is -2.15. The number of nitrogens with one attached hydrogen (secondary N) is 3. The zero-order valence-electron chi connectivity index (χ0n) is 23.8. The van der Waals surface area contributed by atoms with Gasteiger partial charge in [-0.05, 0) is 30.2 Å². The molecule has 11 nitrogen and oxygen atoms in total. The van der Waals surface area contributed by atoms with Gasteiger partial charge in [0.15, 0.2) is 23.1 Å². The van der Waals surface area contributed by atoms with Gasteiger partial charge in [0.25, 0.3) is 0 Å². The minimum absolute atomic E-state index is 0.208. The van der Waals surface area contributed by atoms with E-state index in [1.54, 1.807) is 24.7 Å². The van der Waals surface area contributed by atoms with Crippen LogP contribution in [0.3, 0.4) is 0 Å². The molecule has 0 radical (unpaired) electrons. The molecule has 2 heterocycles. The number of rotatable bonds is 12. The van der Waals surface area contributed by atoms with Crippen LogP contribution in [0.4, 0.5) is 4.79 Å². The van der Waals surface area contributed by atoms with Gasteiger partial charge in [0.2, 0.25) is 5.75 Å². The van der Waals surface area contributed by atoms with Crippen LogP contribution in [0, 0.1) is 0 Å². The van der Waals surface area contributed by atoms with E-state index >= 15 is 0 Å². The number of urea groups is 1. The van der Waals surface area contributed by atoms with Crippen LogP contribution in [-0.4, -0.2) is 66.6 Å². The van der Waals surface area contributed by atoms with Crippen LogP contribution in [0.25, 0.3) is 22.0 Å². The van der Waals surface area contributed by atoms with Crippen molar-refractivity contribution in [1.82, 2.24) is 25.2 Å². The summed E-state index contributed by atoms with van der Waals surface area (Å²) in [6.07, 6.45) is 6.38. The van der Waals surface area contributed by atoms with Gasteiger partial charge < -0.3 is 34.4 Å². The Morgan fingerprint density at radius 1 is 0.976 bits per heavy atom. The lowest BCUT2D eigenvalue weighted by molar-refractivity contribution is -0.119. The second-order valence-electron chi connectivity index (χ2n) is 9.80. The zero-order valence-corrected chi connectivity index (χ0v) is 23.8. The molecule has 2 aromatic carbocycles. The topological polar surface area (TPSA) is 137 Å². The number of amides is 2. The fraction of sp³-hybridized carbons (Fsp3) is 0.290. The van der Waals surface area contributed by atoms with E-state index in [4.69, 9.17) is 14.2 Å². The number of aromatic amines is 1. The Labute approximate surface area is 242 Å². The molecule has 1 aliphatic rings. The molecule has 5 rings (SSSR count). The maximum Gasteiger partial charge on any atom is 0.314 e. The van der Waals surface area contributed by atoms with Crippen LogP contribution < -0.4 is 24.8 Å². The highest BCUT2D eigenvalue weighted by Crippen LogP contribution is 2.44. The van der Waals surface area contributed by atoms with Crippen LogP contribution in [0.15, 0.2) is 55.1 Å². The summed E-state index contributed by atoms with van der Waals surface area (Å²) in [5.74, 6) is 0.695. The third-order valence-electron chi connectivity index (χ3n) is 7.24. The molecule has 0 unspecified atom stereocenters.